The number of hydrogen-bond donors (Lipinski definition) is 2. The highest BCUT2D eigenvalue weighted by atomic mass is 32.1. The number of hydrogen-bond acceptors (Lipinski definition) is 4. The van der Waals surface area contributed by atoms with E-state index in [2.05, 4.69) is 15.6 Å². The molecular weight excluding hydrogens is 282 g/mol. The topological polar surface area (TPSA) is 54.0 Å². The zero-order chi connectivity index (χ0) is 14.5. The fourth-order valence-electron chi connectivity index (χ4n) is 2.88. The van der Waals surface area contributed by atoms with Crippen molar-refractivity contribution in [3.05, 3.63) is 46.9 Å². The van der Waals surface area contributed by atoms with Gasteiger partial charge in [-0.15, -0.1) is 11.3 Å². The van der Waals surface area contributed by atoms with Gasteiger partial charge in [0.15, 0.2) is 0 Å². The number of benzene rings is 1. The van der Waals surface area contributed by atoms with E-state index in [9.17, 15) is 4.79 Å². The van der Waals surface area contributed by atoms with E-state index >= 15 is 0 Å². The number of anilines is 1. The summed E-state index contributed by atoms with van der Waals surface area (Å²) in [6.07, 6.45) is 6.32. The third-order valence-corrected chi connectivity index (χ3v) is 4.92. The van der Waals surface area contributed by atoms with Gasteiger partial charge in [0.25, 0.3) is 0 Å². The number of carbonyl (C=O) groups is 1. The predicted molar refractivity (Wildman–Crippen MR) is 85.3 cm³/mol. The molecule has 1 saturated carbocycles. The number of thiazole rings is 1. The summed E-state index contributed by atoms with van der Waals surface area (Å²) in [6.45, 7) is 0.314. The molecule has 1 aromatic carbocycles. The summed E-state index contributed by atoms with van der Waals surface area (Å²) in [5.74, 6) is -0.0102. The molecule has 0 bridgehead atoms. The minimum atomic E-state index is -0.109. The van der Waals surface area contributed by atoms with Gasteiger partial charge < -0.3 is 5.32 Å². The maximum absolute atomic E-state index is 12.1. The minimum absolute atomic E-state index is 0.0102. The Labute approximate surface area is 128 Å². The number of carbonyl (C=O) groups excluding carboxylic acids is 1. The molecule has 0 spiro atoms. The highest BCUT2D eigenvalue weighted by Crippen LogP contribution is 2.39. The monoisotopic (exact) mass is 301 g/mol. The SMILES string of the molecule is O=C(CNC1(c2nccs2)CCCC1)Nc1ccccc1. The second-order valence-electron chi connectivity index (χ2n) is 5.39. The van der Waals surface area contributed by atoms with Crippen LogP contribution in [0.5, 0.6) is 0 Å². The highest BCUT2D eigenvalue weighted by molar-refractivity contribution is 7.09. The van der Waals surface area contributed by atoms with Crippen LogP contribution in [0.4, 0.5) is 5.69 Å². The molecule has 5 heteroatoms. The van der Waals surface area contributed by atoms with Crippen LogP contribution < -0.4 is 10.6 Å². The lowest BCUT2D eigenvalue weighted by Gasteiger charge is -2.28. The van der Waals surface area contributed by atoms with Crippen molar-refractivity contribution in [1.29, 1.82) is 0 Å². The first-order chi connectivity index (χ1) is 10.3. The van der Waals surface area contributed by atoms with Crippen LogP contribution in [0.2, 0.25) is 0 Å². The number of para-hydroxylation sites is 1. The van der Waals surface area contributed by atoms with E-state index in [1.165, 1.54) is 12.8 Å². The molecule has 1 heterocycles. The summed E-state index contributed by atoms with van der Waals surface area (Å²) in [4.78, 5) is 16.5. The average Bonchev–Trinajstić information content (AvgIpc) is 3.18. The van der Waals surface area contributed by atoms with Gasteiger partial charge in [0.05, 0.1) is 12.1 Å². The molecule has 21 heavy (non-hydrogen) atoms. The zero-order valence-electron chi connectivity index (χ0n) is 11.8. The Morgan fingerprint density at radius 2 is 2.00 bits per heavy atom. The highest BCUT2D eigenvalue weighted by Gasteiger charge is 2.37. The standard InChI is InChI=1S/C16H19N3OS/c20-14(19-13-6-2-1-3-7-13)12-18-16(8-4-5-9-16)15-17-10-11-21-15/h1-3,6-7,10-11,18H,4-5,8-9,12H2,(H,19,20). The summed E-state index contributed by atoms with van der Waals surface area (Å²) in [7, 11) is 0. The molecule has 0 radical (unpaired) electrons. The van der Waals surface area contributed by atoms with E-state index in [1.807, 2.05) is 41.9 Å². The minimum Gasteiger partial charge on any atom is -0.325 e. The van der Waals surface area contributed by atoms with Crippen LogP contribution >= 0.6 is 11.3 Å². The Morgan fingerprint density at radius 1 is 1.24 bits per heavy atom. The normalized spacial score (nSPS) is 16.8. The average molecular weight is 301 g/mol. The molecule has 0 aliphatic heterocycles. The number of amides is 1. The third kappa shape index (κ3) is 3.31. The van der Waals surface area contributed by atoms with Crippen molar-refractivity contribution in [2.24, 2.45) is 0 Å². The summed E-state index contributed by atoms with van der Waals surface area (Å²) in [5.41, 5.74) is 0.723. The molecule has 1 amide bonds. The molecule has 110 valence electrons. The zero-order valence-corrected chi connectivity index (χ0v) is 12.7. The van der Waals surface area contributed by atoms with E-state index in [0.717, 1.165) is 23.5 Å². The second kappa shape index (κ2) is 6.37. The fourth-order valence-corrected chi connectivity index (χ4v) is 3.75. The summed E-state index contributed by atoms with van der Waals surface area (Å²) in [5, 5.41) is 9.47. The van der Waals surface area contributed by atoms with Crippen molar-refractivity contribution in [2.75, 3.05) is 11.9 Å². The van der Waals surface area contributed by atoms with Gasteiger partial charge in [0.1, 0.15) is 5.01 Å². The summed E-state index contributed by atoms with van der Waals surface area (Å²) >= 11 is 1.67. The van der Waals surface area contributed by atoms with Gasteiger partial charge in [0, 0.05) is 17.3 Å². The lowest BCUT2D eigenvalue weighted by molar-refractivity contribution is -0.115. The van der Waals surface area contributed by atoms with E-state index in [-0.39, 0.29) is 11.4 Å². The molecule has 3 rings (SSSR count). The van der Waals surface area contributed by atoms with Crippen molar-refractivity contribution in [3.63, 3.8) is 0 Å². The lowest BCUT2D eigenvalue weighted by Crippen LogP contribution is -2.43. The van der Waals surface area contributed by atoms with Gasteiger partial charge in [-0.2, -0.15) is 0 Å². The molecule has 1 aliphatic rings. The van der Waals surface area contributed by atoms with Crippen molar-refractivity contribution >= 4 is 22.9 Å². The number of rotatable bonds is 5. The molecule has 1 fully saturated rings. The molecule has 0 saturated heterocycles. The summed E-state index contributed by atoms with van der Waals surface area (Å²) in [6, 6.07) is 9.55. The Hall–Kier alpha value is -1.72. The van der Waals surface area contributed by atoms with Crippen LogP contribution in [0.3, 0.4) is 0 Å². The first-order valence-corrected chi connectivity index (χ1v) is 8.16. The molecule has 2 aromatic rings. The van der Waals surface area contributed by atoms with Crippen molar-refractivity contribution < 1.29 is 4.79 Å². The molecule has 2 N–H and O–H groups in total. The Morgan fingerprint density at radius 3 is 2.67 bits per heavy atom. The van der Waals surface area contributed by atoms with Crippen LogP contribution in [0, 0.1) is 0 Å². The third-order valence-electron chi connectivity index (χ3n) is 3.94. The summed E-state index contributed by atoms with van der Waals surface area (Å²) < 4.78 is 0. The van der Waals surface area contributed by atoms with Gasteiger partial charge >= 0.3 is 0 Å². The van der Waals surface area contributed by atoms with Crippen LogP contribution in [-0.4, -0.2) is 17.4 Å². The number of nitrogens with one attached hydrogen (secondary N) is 2. The quantitative estimate of drug-likeness (QED) is 0.892. The number of nitrogens with zero attached hydrogens (tertiary/aromatic N) is 1. The van der Waals surface area contributed by atoms with Crippen LogP contribution in [0.25, 0.3) is 0 Å². The largest absolute Gasteiger partial charge is 0.325 e. The number of aromatic nitrogens is 1. The van der Waals surface area contributed by atoms with E-state index in [1.54, 1.807) is 11.3 Å². The predicted octanol–water partition coefficient (Wildman–Crippen LogP) is 3.14. The maximum Gasteiger partial charge on any atom is 0.238 e. The van der Waals surface area contributed by atoms with Crippen LogP contribution in [0.1, 0.15) is 30.7 Å². The van der Waals surface area contributed by atoms with E-state index < -0.39 is 0 Å². The first kappa shape index (κ1) is 14.2. The lowest BCUT2D eigenvalue weighted by atomic mass is 9.98. The van der Waals surface area contributed by atoms with Crippen molar-refractivity contribution in [1.82, 2.24) is 10.3 Å². The molecule has 1 aromatic heterocycles. The van der Waals surface area contributed by atoms with Gasteiger partial charge in [-0.3, -0.25) is 10.1 Å². The fraction of sp³-hybridized carbons (Fsp3) is 0.375. The Kier molecular flexibility index (Phi) is 4.31. The molecule has 0 unspecified atom stereocenters. The van der Waals surface area contributed by atoms with Gasteiger partial charge in [-0.25, -0.2) is 4.98 Å². The van der Waals surface area contributed by atoms with Crippen LogP contribution in [-0.2, 0) is 10.3 Å². The van der Waals surface area contributed by atoms with Gasteiger partial charge in [0.2, 0.25) is 5.91 Å². The molecule has 1 aliphatic carbocycles. The maximum atomic E-state index is 12.1. The first-order valence-electron chi connectivity index (χ1n) is 7.28. The van der Waals surface area contributed by atoms with E-state index in [0.29, 0.717) is 6.54 Å². The van der Waals surface area contributed by atoms with Gasteiger partial charge in [-0.1, -0.05) is 31.0 Å². The molecule has 4 nitrogen and oxygen atoms in total. The second-order valence-corrected chi connectivity index (χ2v) is 6.29. The van der Waals surface area contributed by atoms with Crippen molar-refractivity contribution in [2.45, 2.75) is 31.2 Å². The van der Waals surface area contributed by atoms with Crippen molar-refractivity contribution in [3.8, 4) is 0 Å². The van der Waals surface area contributed by atoms with Gasteiger partial charge in [-0.05, 0) is 25.0 Å². The van der Waals surface area contributed by atoms with Crippen LogP contribution in [0.15, 0.2) is 41.9 Å². The smallest absolute Gasteiger partial charge is 0.238 e. The molecular formula is C16H19N3OS. The Bertz CT molecular complexity index is 577. The molecule has 0 atom stereocenters. The Balaban J connectivity index is 1.61. The van der Waals surface area contributed by atoms with E-state index in [4.69, 9.17) is 0 Å².